The van der Waals surface area contributed by atoms with Crippen LogP contribution in [0.15, 0.2) is 58.0 Å². The third-order valence-electron chi connectivity index (χ3n) is 4.17. The van der Waals surface area contributed by atoms with Gasteiger partial charge in [0.05, 0.1) is 7.11 Å². The van der Waals surface area contributed by atoms with Crippen molar-refractivity contribution in [3.8, 4) is 16.9 Å². The van der Waals surface area contributed by atoms with Crippen molar-refractivity contribution < 1.29 is 9.53 Å². The Labute approximate surface area is 155 Å². The van der Waals surface area contributed by atoms with Gasteiger partial charge in [-0.15, -0.1) is 0 Å². The van der Waals surface area contributed by atoms with E-state index >= 15 is 0 Å². The van der Waals surface area contributed by atoms with E-state index in [0.717, 1.165) is 16.8 Å². The minimum atomic E-state index is -0.152. The number of rotatable bonds is 6. The Morgan fingerprint density at radius 3 is 2.54 bits per heavy atom. The van der Waals surface area contributed by atoms with Crippen LogP contribution in [0.2, 0.25) is 0 Å². The molecule has 0 aliphatic carbocycles. The van der Waals surface area contributed by atoms with E-state index in [4.69, 9.17) is 4.74 Å². The van der Waals surface area contributed by atoms with Crippen molar-refractivity contribution >= 4 is 17.2 Å². The summed E-state index contributed by atoms with van der Waals surface area (Å²) in [5.41, 5.74) is 3.49. The van der Waals surface area contributed by atoms with Gasteiger partial charge in [-0.2, -0.15) is 11.3 Å². The summed E-state index contributed by atoms with van der Waals surface area (Å²) >= 11 is 1.64. The van der Waals surface area contributed by atoms with Gasteiger partial charge in [-0.25, -0.2) is 0 Å². The number of thiophene rings is 1. The fourth-order valence-corrected chi connectivity index (χ4v) is 3.39. The van der Waals surface area contributed by atoms with Crippen molar-refractivity contribution in [2.45, 2.75) is 13.5 Å². The summed E-state index contributed by atoms with van der Waals surface area (Å²) in [6.45, 7) is 2.63. The molecule has 2 aromatic heterocycles. The molecule has 3 aromatic rings. The molecule has 1 N–H and O–H groups in total. The number of carbonyl (C=O) groups excluding carboxylic acids is 1. The molecule has 0 spiro atoms. The lowest BCUT2D eigenvalue weighted by atomic mass is 10.1. The zero-order valence-electron chi connectivity index (χ0n) is 14.7. The van der Waals surface area contributed by atoms with E-state index in [1.165, 1.54) is 13.2 Å². The van der Waals surface area contributed by atoms with Crippen LogP contribution >= 0.6 is 11.3 Å². The first kappa shape index (κ1) is 17.9. The maximum Gasteiger partial charge on any atom is 0.254 e. The Bertz CT molecular complexity index is 944. The Morgan fingerprint density at radius 2 is 1.92 bits per heavy atom. The zero-order valence-corrected chi connectivity index (χ0v) is 15.5. The average molecular weight is 368 g/mol. The number of methoxy groups -OCH3 is 1. The van der Waals surface area contributed by atoms with E-state index < -0.39 is 0 Å². The fraction of sp³-hybridized carbons (Fsp3) is 0.200. The first-order chi connectivity index (χ1) is 12.6. The number of aromatic nitrogens is 1. The minimum Gasteiger partial charge on any atom is -0.496 e. The number of hydrogen-bond acceptors (Lipinski definition) is 4. The SMILES string of the molecule is COc1cc(C)n(CCNC(=O)c2ccc(-c3ccsc3)cc2)c(=O)c1. The average Bonchev–Trinajstić information content (AvgIpc) is 3.18. The van der Waals surface area contributed by atoms with E-state index in [-0.39, 0.29) is 11.5 Å². The van der Waals surface area contributed by atoms with Gasteiger partial charge in [0.25, 0.3) is 11.5 Å². The Kier molecular flexibility index (Phi) is 5.53. The number of ether oxygens (including phenoxy) is 1. The predicted octanol–water partition coefficient (Wildman–Crippen LogP) is 3.32. The van der Waals surface area contributed by atoms with E-state index in [1.54, 1.807) is 22.0 Å². The number of nitrogens with one attached hydrogen (secondary N) is 1. The number of amides is 1. The number of carbonyl (C=O) groups is 1. The van der Waals surface area contributed by atoms with Gasteiger partial charge in [0.15, 0.2) is 0 Å². The zero-order chi connectivity index (χ0) is 18.5. The van der Waals surface area contributed by atoms with E-state index in [9.17, 15) is 9.59 Å². The molecule has 134 valence electrons. The molecule has 1 amide bonds. The van der Waals surface area contributed by atoms with Gasteiger partial charge < -0.3 is 14.6 Å². The molecule has 0 saturated carbocycles. The van der Waals surface area contributed by atoms with Crippen molar-refractivity contribution in [2.24, 2.45) is 0 Å². The van der Waals surface area contributed by atoms with Gasteiger partial charge in [-0.3, -0.25) is 9.59 Å². The molecule has 0 bridgehead atoms. The van der Waals surface area contributed by atoms with Gasteiger partial charge in [-0.05, 0) is 53.1 Å². The lowest BCUT2D eigenvalue weighted by Crippen LogP contribution is -2.31. The quantitative estimate of drug-likeness (QED) is 0.726. The molecule has 0 atom stereocenters. The highest BCUT2D eigenvalue weighted by molar-refractivity contribution is 7.08. The molecule has 0 radical (unpaired) electrons. The molecule has 3 rings (SSSR count). The van der Waals surface area contributed by atoms with E-state index in [1.807, 2.05) is 36.6 Å². The van der Waals surface area contributed by atoms with Gasteiger partial charge in [0, 0.05) is 30.4 Å². The molecular weight excluding hydrogens is 348 g/mol. The van der Waals surface area contributed by atoms with Crippen LogP contribution in [0.4, 0.5) is 0 Å². The number of nitrogens with zero attached hydrogens (tertiary/aromatic N) is 1. The van der Waals surface area contributed by atoms with Crippen LogP contribution < -0.4 is 15.6 Å². The number of benzene rings is 1. The highest BCUT2D eigenvalue weighted by atomic mass is 32.1. The van der Waals surface area contributed by atoms with Gasteiger partial charge in [0.1, 0.15) is 5.75 Å². The normalized spacial score (nSPS) is 10.5. The summed E-state index contributed by atoms with van der Waals surface area (Å²) in [6.07, 6.45) is 0. The lowest BCUT2D eigenvalue weighted by Gasteiger charge is -2.12. The third-order valence-corrected chi connectivity index (χ3v) is 4.85. The topological polar surface area (TPSA) is 60.3 Å². The summed E-state index contributed by atoms with van der Waals surface area (Å²) in [5.74, 6) is 0.389. The van der Waals surface area contributed by atoms with Crippen LogP contribution in [-0.4, -0.2) is 24.1 Å². The maximum absolute atomic E-state index is 12.3. The van der Waals surface area contributed by atoms with Gasteiger partial charge in [-0.1, -0.05) is 12.1 Å². The smallest absolute Gasteiger partial charge is 0.254 e. The molecule has 26 heavy (non-hydrogen) atoms. The van der Waals surface area contributed by atoms with Gasteiger partial charge in [0.2, 0.25) is 0 Å². The Balaban J connectivity index is 1.60. The van der Waals surface area contributed by atoms with Crippen LogP contribution in [0, 0.1) is 6.92 Å². The van der Waals surface area contributed by atoms with Crippen LogP contribution in [-0.2, 0) is 6.54 Å². The van der Waals surface area contributed by atoms with Gasteiger partial charge >= 0.3 is 0 Å². The number of hydrogen-bond donors (Lipinski definition) is 1. The van der Waals surface area contributed by atoms with Crippen molar-refractivity contribution in [1.82, 2.24) is 9.88 Å². The molecule has 0 fully saturated rings. The monoisotopic (exact) mass is 368 g/mol. The Morgan fingerprint density at radius 1 is 1.15 bits per heavy atom. The molecule has 6 heteroatoms. The number of aryl methyl sites for hydroxylation is 1. The van der Waals surface area contributed by atoms with E-state index in [0.29, 0.717) is 24.4 Å². The van der Waals surface area contributed by atoms with Crippen molar-refractivity contribution in [1.29, 1.82) is 0 Å². The van der Waals surface area contributed by atoms with Crippen LogP contribution in [0.5, 0.6) is 5.75 Å². The number of pyridine rings is 1. The van der Waals surface area contributed by atoms with Crippen LogP contribution in [0.25, 0.3) is 11.1 Å². The first-order valence-electron chi connectivity index (χ1n) is 8.25. The van der Waals surface area contributed by atoms with Crippen molar-refractivity contribution in [3.63, 3.8) is 0 Å². The first-order valence-corrected chi connectivity index (χ1v) is 9.19. The maximum atomic E-state index is 12.3. The molecule has 0 saturated heterocycles. The van der Waals surface area contributed by atoms with Crippen LogP contribution in [0.1, 0.15) is 16.1 Å². The third kappa shape index (κ3) is 4.03. The summed E-state index contributed by atoms with van der Waals surface area (Å²) < 4.78 is 6.70. The fourth-order valence-electron chi connectivity index (χ4n) is 2.73. The van der Waals surface area contributed by atoms with Crippen molar-refractivity contribution in [3.05, 3.63) is 74.8 Å². The summed E-state index contributed by atoms with van der Waals surface area (Å²) in [4.78, 5) is 24.4. The summed E-state index contributed by atoms with van der Waals surface area (Å²) in [6, 6.07) is 12.8. The molecule has 2 heterocycles. The second kappa shape index (κ2) is 8.01. The molecule has 0 unspecified atom stereocenters. The largest absolute Gasteiger partial charge is 0.496 e. The summed E-state index contributed by atoms with van der Waals surface area (Å²) in [7, 11) is 1.53. The lowest BCUT2D eigenvalue weighted by molar-refractivity contribution is 0.0952. The van der Waals surface area contributed by atoms with Crippen LogP contribution in [0.3, 0.4) is 0 Å². The Hall–Kier alpha value is -2.86. The molecule has 5 nitrogen and oxygen atoms in total. The minimum absolute atomic E-state index is 0.142. The molecule has 1 aromatic carbocycles. The van der Waals surface area contributed by atoms with E-state index in [2.05, 4.69) is 16.8 Å². The highest BCUT2D eigenvalue weighted by Crippen LogP contribution is 2.22. The second-order valence-corrected chi connectivity index (χ2v) is 6.65. The predicted molar refractivity (Wildman–Crippen MR) is 104 cm³/mol. The molecule has 0 aliphatic rings. The molecular formula is C20H20N2O3S. The summed E-state index contributed by atoms with van der Waals surface area (Å²) in [5, 5.41) is 6.96. The molecule has 0 aliphatic heterocycles. The second-order valence-electron chi connectivity index (χ2n) is 5.87. The standard InChI is InChI=1S/C20H20N2O3S/c1-14-11-18(25-2)12-19(23)22(14)9-8-21-20(24)16-5-3-15(4-6-16)17-7-10-26-13-17/h3-7,10-13H,8-9H2,1-2H3,(H,21,24). The van der Waals surface area contributed by atoms with Crippen molar-refractivity contribution in [2.75, 3.05) is 13.7 Å². The highest BCUT2D eigenvalue weighted by Gasteiger charge is 2.08.